The van der Waals surface area contributed by atoms with E-state index in [1.807, 2.05) is 12.1 Å². The highest BCUT2D eigenvalue weighted by atomic mass is 16.5. The van der Waals surface area contributed by atoms with Crippen LogP contribution in [-0.2, 0) is 11.2 Å². The molecule has 92 valence electrons. The Hall–Kier alpha value is -1.06. The standard InChI is InChI=1S/C14H18O3/c15-14-3-1-2-10-4-5-11(8-13(10)14)17-12-6-7-16-9-12/h4-5,8,12,14-15H,1-3,6-7,9H2/t12?,14-/m0/s1. The molecule has 3 heteroatoms. The van der Waals surface area contributed by atoms with Crippen LogP contribution in [-0.4, -0.2) is 24.4 Å². The Balaban J connectivity index is 1.79. The van der Waals surface area contributed by atoms with Gasteiger partial charge < -0.3 is 14.6 Å². The maximum atomic E-state index is 9.97. The molecule has 2 aliphatic rings. The first-order valence-electron chi connectivity index (χ1n) is 6.38. The summed E-state index contributed by atoms with van der Waals surface area (Å²) in [5.41, 5.74) is 2.31. The molecule has 1 heterocycles. The second kappa shape index (κ2) is 4.67. The number of aliphatic hydroxyl groups excluding tert-OH is 1. The van der Waals surface area contributed by atoms with Crippen LogP contribution in [0.15, 0.2) is 18.2 Å². The molecular formula is C14H18O3. The summed E-state index contributed by atoms with van der Waals surface area (Å²) in [4.78, 5) is 0. The average molecular weight is 234 g/mol. The van der Waals surface area contributed by atoms with Gasteiger partial charge >= 0.3 is 0 Å². The molecule has 0 aromatic heterocycles. The molecule has 17 heavy (non-hydrogen) atoms. The van der Waals surface area contributed by atoms with E-state index in [9.17, 15) is 5.11 Å². The Labute approximate surface area is 101 Å². The molecule has 2 atom stereocenters. The van der Waals surface area contributed by atoms with Crippen molar-refractivity contribution in [1.82, 2.24) is 0 Å². The van der Waals surface area contributed by atoms with Crippen molar-refractivity contribution in [3.8, 4) is 5.75 Å². The summed E-state index contributed by atoms with van der Waals surface area (Å²) >= 11 is 0. The number of benzene rings is 1. The summed E-state index contributed by atoms with van der Waals surface area (Å²) in [6.07, 6.45) is 3.82. The number of aryl methyl sites for hydroxylation is 1. The molecule has 0 radical (unpaired) electrons. The van der Waals surface area contributed by atoms with E-state index in [-0.39, 0.29) is 12.2 Å². The highest BCUT2D eigenvalue weighted by molar-refractivity contribution is 5.38. The molecule has 0 amide bonds. The molecule has 0 bridgehead atoms. The maximum absolute atomic E-state index is 9.97. The van der Waals surface area contributed by atoms with Crippen LogP contribution in [0, 0.1) is 0 Å². The topological polar surface area (TPSA) is 38.7 Å². The molecule has 1 aliphatic heterocycles. The second-order valence-corrected chi connectivity index (χ2v) is 4.87. The van der Waals surface area contributed by atoms with Crippen LogP contribution >= 0.6 is 0 Å². The fraction of sp³-hybridized carbons (Fsp3) is 0.571. The van der Waals surface area contributed by atoms with E-state index in [0.29, 0.717) is 6.61 Å². The molecule has 1 fully saturated rings. The molecule has 1 unspecified atom stereocenters. The SMILES string of the molecule is O[C@H]1CCCc2ccc(OC3CCOC3)cc21. The fourth-order valence-corrected chi connectivity index (χ4v) is 2.62. The number of aliphatic hydroxyl groups is 1. The van der Waals surface area contributed by atoms with Crippen molar-refractivity contribution in [3.05, 3.63) is 29.3 Å². The monoisotopic (exact) mass is 234 g/mol. The molecule has 1 saturated heterocycles. The lowest BCUT2D eigenvalue weighted by atomic mass is 9.89. The Bertz CT molecular complexity index is 396. The Morgan fingerprint density at radius 3 is 3.06 bits per heavy atom. The van der Waals surface area contributed by atoms with Gasteiger partial charge in [0, 0.05) is 6.42 Å². The minimum Gasteiger partial charge on any atom is -0.488 e. The van der Waals surface area contributed by atoms with Crippen LogP contribution < -0.4 is 4.74 Å². The van der Waals surface area contributed by atoms with Gasteiger partial charge in [0.05, 0.1) is 19.3 Å². The predicted octanol–water partition coefficient (Wildman–Crippen LogP) is 2.22. The van der Waals surface area contributed by atoms with E-state index in [4.69, 9.17) is 9.47 Å². The van der Waals surface area contributed by atoms with Crippen LogP contribution in [0.5, 0.6) is 5.75 Å². The molecule has 1 aromatic rings. The van der Waals surface area contributed by atoms with Crippen molar-refractivity contribution in [2.75, 3.05) is 13.2 Å². The summed E-state index contributed by atoms with van der Waals surface area (Å²) in [5, 5.41) is 9.97. The molecule has 3 rings (SSSR count). The maximum Gasteiger partial charge on any atom is 0.124 e. The summed E-state index contributed by atoms with van der Waals surface area (Å²) in [6.45, 7) is 1.47. The van der Waals surface area contributed by atoms with Gasteiger partial charge in [-0.2, -0.15) is 0 Å². The van der Waals surface area contributed by atoms with Gasteiger partial charge in [-0.1, -0.05) is 6.07 Å². The molecular weight excluding hydrogens is 216 g/mol. The van der Waals surface area contributed by atoms with Gasteiger partial charge in [-0.05, 0) is 42.5 Å². The van der Waals surface area contributed by atoms with Crippen molar-refractivity contribution in [3.63, 3.8) is 0 Å². The fourth-order valence-electron chi connectivity index (χ4n) is 2.62. The van der Waals surface area contributed by atoms with Crippen molar-refractivity contribution < 1.29 is 14.6 Å². The van der Waals surface area contributed by atoms with Crippen LogP contribution in [0.25, 0.3) is 0 Å². The lowest BCUT2D eigenvalue weighted by Gasteiger charge is -2.22. The number of rotatable bonds is 2. The van der Waals surface area contributed by atoms with E-state index in [0.717, 1.165) is 43.6 Å². The van der Waals surface area contributed by atoms with Gasteiger partial charge in [-0.3, -0.25) is 0 Å². The van der Waals surface area contributed by atoms with Crippen molar-refractivity contribution in [2.45, 2.75) is 37.9 Å². The van der Waals surface area contributed by atoms with Crippen LogP contribution in [0.1, 0.15) is 36.5 Å². The van der Waals surface area contributed by atoms with Crippen LogP contribution in [0.3, 0.4) is 0 Å². The molecule has 1 N–H and O–H groups in total. The largest absolute Gasteiger partial charge is 0.488 e. The Kier molecular flexibility index (Phi) is 3.04. The van der Waals surface area contributed by atoms with E-state index in [2.05, 4.69) is 6.07 Å². The summed E-state index contributed by atoms with van der Waals surface area (Å²) in [5.74, 6) is 0.861. The van der Waals surface area contributed by atoms with Gasteiger partial charge in [0.15, 0.2) is 0 Å². The van der Waals surface area contributed by atoms with Gasteiger partial charge in [0.25, 0.3) is 0 Å². The smallest absolute Gasteiger partial charge is 0.124 e. The molecule has 3 nitrogen and oxygen atoms in total. The number of ether oxygens (including phenoxy) is 2. The first-order chi connectivity index (χ1) is 8.33. The molecule has 0 spiro atoms. The minimum atomic E-state index is -0.317. The zero-order valence-electron chi connectivity index (χ0n) is 9.89. The highest BCUT2D eigenvalue weighted by Crippen LogP contribution is 2.32. The zero-order valence-corrected chi connectivity index (χ0v) is 9.89. The lowest BCUT2D eigenvalue weighted by molar-refractivity contribution is 0.139. The van der Waals surface area contributed by atoms with E-state index in [1.54, 1.807) is 0 Å². The average Bonchev–Trinajstić information content (AvgIpc) is 2.83. The third-order valence-electron chi connectivity index (χ3n) is 3.59. The van der Waals surface area contributed by atoms with Gasteiger partial charge in [-0.25, -0.2) is 0 Å². The van der Waals surface area contributed by atoms with Gasteiger partial charge in [0.2, 0.25) is 0 Å². The lowest BCUT2D eigenvalue weighted by Crippen LogP contribution is -2.16. The summed E-state index contributed by atoms with van der Waals surface area (Å²) < 4.78 is 11.1. The third kappa shape index (κ3) is 2.31. The van der Waals surface area contributed by atoms with E-state index >= 15 is 0 Å². The van der Waals surface area contributed by atoms with Crippen LogP contribution in [0.2, 0.25) is 0 Å². The van der Waals surface area contributed by atoms with Crippen molar-refractivity contribution >= 4 is 0 Å². The predicted molar refractivity (Wildman–Crippen MR) is 64.2 cm³/mol. The first kappa shape index (κ1) is 11.1. The third-order valence-corrected chi connectivity index (χ3v) is 3.59. The zero-order chi connectivity index (χ0) is 11.7. The summed E-state index contributed by atoms with van der Waals surface area (Å²) in [6, 6.07) is 6.09. The molecule has 0 saturated carbocycles. The first-order valence-corrected chi connectivity index (χ1v) is 6.38. The quantitative estimate of drug-likeness (QED) is 0.852. The second-order valence-electron chi connectivity index (χ2n) is 4.87. The molecule has 1 aliphatic carbocycles. The Morgan fingerprint density at radius 2 is 2.24 bits per heavy atom. The van der Waals surface area contributed by atoms with Crippen LogP contribution in [0.4, 0.5) is 0 Å². The number of fused-ring (bicyclic) bond motifs is 1. The minimum absolute atomic E-state index is 0.175. The molecule has 1 aromatic carbocycles. The van der Waals surface area contributed by atoms with E-state index in [1.165, 1.54) is 5.56 Å². The van der Waals surface area contributed by atoms with Crippen molar-refractivity contribution in [1.29, 1.82) is 0 Å². The van der Waals surface area contributed by atoms with Gasteiger partial charge in [-0.15, -0.1) is 0 Å². The van der Waals surface area contributed by atoms with Gasteiger partial charge in [0.1, 0.15) is 11.9 Å². The van der Waals surface area contributed by atoms with E-state index < -0.39 is 0 Å². The van der Waals surface area contributed by atoms with Crippen molar-refractivity contribution in [2.24, 2.45) is 0 Å². The highest BCUT2D eigenvalue weighted by Gasteiger charge is 2.21. The number of hydrogen-bond donors (Lipinski definition) is 1. The normalized spacial score (nSPS) is 27.8. The summed E-state index contributed by atoms with van der Waals surface area (Å²) in [7, 11) is 0. The Morgan fingerprint density at radius 1 is 1.29 bits per heavy atom. The number of hydrogen-bond acceptors (Lipinski definition) is 3.